The highest BCUT2D eigenvalue weighted by molar-refractivity contribution is 7.18. The molecule has 0 bridgehead atoms. The van der Waals surface area contributed by atoms with Gasteiger partial charge in [-0.15, -0.1) is 16.4 Å². The molecule has 0 N–H and O–H groups in total. The van der Waals surface area contributed by atoms with Gasteiger partial charge in [-0.3, -0.25) is 4.79 Å². The monoisotopic (exact) mass is 265 g/mol. The van der Waals surface area contributed by atoms with Crippen molar-refractivity contribution in [2.75, 3.05) is 7.11 Å². The maximum absolute atomic E-state index is 12.3. The van der Waals surface area contributed by atoms with E-state index in [1.54, 1.807) is 18.4 Å². The Morgan fingerprint density at radius 3 is 3.17 bits per heavy atom. The van der Waals surface area contributed by atoms with Crippen molar-refractivity contribution in [3.05, 3.63) is 20.8 Å². The number of aromatic nitrogens is 3. The molecule has 2 heterocycles. The van der Waals surface area contributed by atoms with Gasteiger partial charge < -0.3 is 4.74 Å². The largest absolute Gasteiger partial charge is 0.362 e. The fourth-order valence-corrected chi connectivity index (χ4v) is 3.82. The molecular formula is C12H15N3O2S. The fourth-order valence-electron chi connectivity index (χ4n) is 2.50. The van der Waals surface area contributed by atoms with Crippen molar-refractivity contribution in [2.45, 2.75) is 32.9 Å². The zero-order chi connectivity index (χ0) is 12.7. The van der Waals surface area contributed by atoms with Crippen molar-refractivity contribution in [3.63, 3.8) is 0 Å². The molecule has 1 aliphatic carbocycles. The van der Waals surface area contributed by atoms with Crippen molar-refractivity contribution in [1.29, 1.82) is 0 Å². The van der Waals surface area contributed by atoms with Crippen molar-refractivity contribution >= 4 is 21.6 Å². The lowest BCUT2D eigenvalue weighted by molar-refractivity contribution is 0.114. The average molecular weight is 265 g/mol. The van der Waals surface area contributed by atoms with Crippen LogP contribution >= 0.6 is 11.3 Å². The van der Waals surface area contributed by atoms with Crippen molar-refractivity contribution in [2.24, 2.45) is 5.92 Å². The van der Waals surface area contributed by atoms with Gasteiger partial charge in [0.1, 0.15) is 6.73 Å². The molecule has 0 unspecified atom stereocenters. The lowest BCUT2D eigenvalue weighted by atomic mass is 9.89. The fraction of sp³-hybridized carbons (Fsp3) is 0.583. The third-order valence-corrected chi connectivity index (χ3v) is 4.57. The highest BCUT2D eigenvalue weighted by atomic mass is 32.1. The molecule has 0 radical (unpaired) electrons. The Bertz CT molecular complexity index is 647. The molecule has 0 aliphatic heterocycles. The summed E-state index contributed by atoms with van der Waals surface area (Å²) >= 11 is 1.62. The summed E-state index contributed by atoms with van der Waals surface area (Å²) in [6, 6.07) is 0. The normalized spacial score (nSPS) is 19.1. The topological polar surface area (TPSA) is 57.0 Å². The highest BCUT2D eigenvalue weighted by Crippen LogP contribution is 2.35. The number of hydrogen-bond donors (Lipinski definition) is 0. The number of fused-ring (bicyclic) bond motifs is 3. The van der Waals surface area contributed by atoms with E-state index in [0.29, 0.717) is 5.92 Å². The highest BCUT2D eigenvalue weighted by Gasteiger charge is 2.23. The molecule has 0 aromatic carbocycles. The van der Waals surface area contributed by atoms with Crippen LogP contribution in [0, 0.1) is 5.92 Å². The van der Waals surface area contributed by atoms with Crippen LogP contribution in [-0.4, -0.2) is 22.1 Å². The molecule has 2 aromatic heterocycles. The summed E-state index contributed by atoms with van der Waals surface area (Å²) in [4.78, 5) is 14.4. The predicted octanol–water partition coefficient (Wildman–Crippen LogP) is 1.58. The SMILES string of the molecule is COCn1nnc2sc3c(c2c1=O)CC[C@@H](C)C3. The number of thiophene rings is 1. The molecule has 0 saturated heterocycles. The van der Waals surface area contributed by atoms with E-state index in [-0.39, 0.29) is 12.3 Å². The second-order valence-corrected chi connectivity index (χ2v) is 5.93. The second kappa shape index (κ2) is 4.44. The van der Waals surface area contributed by atoms with Crippen LogP contribution in [0.25, 0.3) is 10.2 Å². The van der Waals surface area contributed by atoms with Gasteiger partial charge in [-0.2, -0.15) is 4.68 Å². The maximum Gasteiger partial charge on any atom is 0.280 e. The van der Waals surface area contributed by atoms with Gasteiger partial charge in [-0.1, -0.05) is 12.1 Å². The van der Waals surface area contributed by atoms with Gasteiger partial charge in [0.25, 0.3) is 5.56 Å². The Balaban J connectivity index is 2.22. The molecule has 1 atom stereocenters. The third kappa shape index (κ3) is 1.76. The van der Waals surface area contributed by atoms with Crippen LogP contribution in [-0.2, 0) is 24.3 Å². The van der Waals surface area contributed by atoms with E-state index in [1.807, 2.05) is 0 Å². The van der Waals surface area contributed by atoms with Crippen LogP contribution in [0.1, 0.15) is 23.8 Å². The zero-order valence-corrected chi connectivity index (χ0v) is 11.3. The Kier molecular flexibility index (Phi) is 2.91. The van der Waals surface area contributed by atoms with E-state index in [0.717, 1.165) is 29.5 Å². The summed E-state index contributed by atoms with van der Waals surface area (Å²) in [5.41, 5.74) is 1.12. The Hall–Kier alpha value is -1.27. The first kappa shape index (κ1) is 11.8. The van der Waals surface area contributed by atoms with Crippen LogP contribution < -0.4 is 5.56 Å². The molecule has 18 heavy (non-hydrogen) atoms. The Labute approximate surface area is 108 Å². The molecule has 2 aromatic rings. The van der Waals surface area contributed by atoms with E-state index in [9.17, 15) is 4.79 Å². The van der Waals surface area contributed by atoms with E-state index in [2.05, 4.69) is 17.2 Å². The number of rotatable bonds is 2. The molecule has 1 aliphatic rings. The zero-order valence-electron chi connectivity index (χ0n) is 10.5. The number of nitrogens with zero attached hydrogens (tertiary/aromatic N) is 3. The van der Waals surface area contributed by atoms with Gasteiger partial charge in [0.05, 0.1) is 5.39 Å². The lowest BCUT2D eigenvalue weighted by Crippen LogP contribution is -2.25. The van der Waals surface area contributed by atoms with Crippen LogP contribution in [0.4, 0.5) is 0 Å². The van der Waals surface area contributed by atoms with E-state index < -0.39 is 0 Å². The van der Waals surface area contributed by atoms with E-state index in [1.165, 1.54) is 15.1 Å². The van der Waals surface area contributed by atoms with Gasteiger partial charge in [0.2, 0.25) is 0 Å². The quantitative estimate of drug-likeness (QED) is 0.827. The smallest absolute Gasteiger partial charge is 0.280 e. The number of aryl methyl sites for hydroxylation is 1. The number of ether oxygens (including phenoxy) is 1. The van der Waals surface area contributed by atoms with Crippen LogP contribution in [0.2, 0.25) is 0 Å². The van der Waals surface area contributed by atoms with Gasteiger partial charge in [-0.25, -0.2) is 0 Å². The molecule has 0 amide bonds. The summed E-state index contributed by atoms with van der Waals surface area (Å²) < 4.78 is 6.24. The molecule has 0 saturated carbocycles. The first-order valence-corrected chi connectivity index (χ1v) is 6.89. The molecular weight excluding hydrogens is 250 g/mol. The van der Waals surface area contributed by atoms with Gasteiger partial charge in [0, 0.05) is 12.0 Å². The van der Waals surface area contributed by atoms with E-state index >= 15 is 0 Å². The minimum atomic E-state index is -0.0751. The van der Waals surface area contributed by atoms with Crippen LogP contribution in [0.5, 0.6) is 0 Å². The Morgan fingerprint density at radius 2 is 2.39 bits per heavy atom. The summed E-state index contributed by atoms with van der Waals surface area (Å²) in [6.45, 7) is 2.41. The van der Waals surface area contributed by atoms with E-state index in [4.69, 9.17) is 4.74 Å². The first-order valence-electron chi connectivity index (χ1n) is 6.07. The van der Waals surface area contributed by atoms with Crippen LogP contribution in [0.3, 0.4) is 0 Å². The molecule has 0 spiro atoms. The number of hydrogen-bond acceptors (Lipinski definition) is 5. The Morgan fingerprint density at radius 1 is 1.56 bits per heavy atom. The summed E-state index contributed by atoms with van der Waals surface area (Å²) in [7, 11) is 1.54. The van der Waals surface area contributed by atoms with Gasteiger partial charge >= 0.3 is 0 Å². The van der Waals surface area contributed by atoms with Crippen molar-refractivity contribution < 1.29 is 4.74 Å². The number of methoxy groups -OCH3 is 1. The molecule has 0 fully saturated rings. The standard InChI is InChI=1S/C12H15N3O2S/c1-7-3-4-8-9(5-7)18-11-10(8)12(16)15(6-17-2)14-13-11/h7H,3-6H2,1-2H3/t7-/m1/s1. The first-order chi connectivity index (χ1) is 8.70. The molecule has 6 heteroatoms. The van der Waals surface area contributed by atoms with Crippen LogP contribution in [0.15, 0.2) is 4.79 Å². The molecule has 5 nitrogen and oxygen atoms in total. The van der Waals surface area contributed by atoms with Gasteiger partial charge in [0.15, 0.2) is 4.83 Å². The summed E-state index contributed by atoms with van der Waals surface area (Å²) in [6.07, 6.45) is 3.18. The lowest BCUT2D eigenvalue weighted by Gasteiger charge is -2.17. The minimum Gasteiger partial charge on any atom is -0.362 e. The summed E-state index contributed by atoms with van der Waals surface area (Å²) in [5.74, 6) is 0.694. The average Bonchev–Trinajstić information content (AvgIpc) is 2.71. The van der Waals surface area contributed by atoms with Crippen molar-refractivity contribution in [3.8, 4) is 0 Å². The predicted molar refractivity (Wildman–Crippen MR) is 69.9 cm³/mol. The molecule has 96 valence electrons. The van der Waals surface area contributed by atoms with Crippen molar-refractivity contribution in [1.82, 2.24) is 15.0 Å². The summed E-state index contributed by atoms with van der Waals surface area (Å²) in [5, 5.41) is 8.80. The molecule has 3 rings (SSSR count). The third-order valence-electron chi connectivity index (χ3n) is 3.44. The van der Waals surface area contributed by atoms with Gasteiger partial charge in [-0.05, 0) is 30.7 Å². The maximum atomic E-state index is 12.3. The second-order valence-electron chi connectivity index (χ2n) is 4.84. The minimum absolute atomic E-state index is 0.0751.